The van der Waals surface area contributed by atoms with E-state index in [0.29, 0.717) is 5.88 Å². The lowest BCUT2D eigenvalue weighted by atomic mass is 10.1. The topological polar surface area (TPSA) is 37.4 Å². The van der Waals surface area contributed by atoms with Gasteiger partial charge in [0, 0.05) is 42.3 Å². The average Bonchev–Trinajstić information content (AvgIpc) is 2.76. The van der Waals surface area contributed by atoms with Crippen LogP contribution in [0.2, 0.25) is 0 Å². The van der Waals surface area contributed by atoms with Gasteiger partial charge in [-0.1, -0.05) is 6.07 Å². The third-order valence-corrected chi connectivity index (χ3v) is 3.92. The Morgan fingerprint density at radius 3 is 3.00 bits per heavy atom. The second-order valence-electron chi connectivity index (χ2n) is 5.24. The fraction of sp³-hybridized carbons (Fsp3) is 0.438. The first-order valence-electron chi connectivity index (χ1n) is 7.19. The fourth-order valence-electron chi connectivity index (χ4n) is 2.94. The molecule has 1 aromatic heterocycles. The van der Waals surface area contributed by atoms with Crippen LogP contribution in [0.25, 0.3) is 10.8 Å². The number of fused-ring (bicyclic) bond motifs is 1. The van der Waals surface area contributed by atoms with Gasteiger partial charge < -0.3 is 15.0 Å². The Kier molecular flexibility index (Phi) is 3.74. The van der Waals surface area contributed by atoms with E-state index in [4.69, 9.17) is 4.74 Å². The molecule has 1 aliphatic rings. The molecule has 0 saturated carbocycles. The molecule has 0 spiro atoms. The Morgan fingerprint density at radius 1 is 1.25 bits per heavy atom. The van der Waals surface area contributed by atoms with Crippen LogP contribution in [-0.4, -0.2) is 38.3 Å². The third kappa shape index (κ3) is 2.31. The van der Waals surface area contributed by atoms with Crippen LogP contribution in [0.4, 0.5) is 5.69 Å². The molecule has 20 heavy (non-hydrogen) atoms. The van der Waals surface area contributed by atoms with Crippen LogP contribution in [0.15, 0.2) is 24.4 Å². The van der Waals surface area contributed by atoms with Gasteiger partial charge >= 0.3 is 0 Å². The van der Waals surface area contributed by atoms with E-state index in [9.17, 15) is 0 Å². The molecular weight excluding hydrogens is 250 g/mol. The second-order valence-corrected chi connectivity index (χ2v) is 5.24. The largest absolute Gasteiger partial charge is 0.481 e. The van der Waals surface area contributed by atoms with Gasteiger partial charge in [0.05, 0.1) is 7.11 Å². The third-order valence-electron chi connectivity index (χ3n) is 3.92. The van der Waals surface area contributed by atoms with E-state index in [1.54, 1.807) is 7.11 Å². The van der Waals surface area contributed by atoms with Crippen molar-refractivity contribution in [3.05, 3.63) is 30.0 Å². The van der Waals surface area contributed by atoms with Crippen molar-refractivity contribution in [3.8, 4) is 5.88 Å². The summed E-state index contributed by atoms with van der Waals surface area (Å²) in [6.07, 6.45) is 3.08. The Hall–Kier alpha value is -1.81. The van der Waals surface area contributed by atoms with Gasteiger partial charge in [-0.2, -0.15) is 0 Å². The molecule has 106 valence electrons. The van der Waals surface area contributed by atoms with Crippen molar-refractivity contribution in [2.75, 3.05) is 38.2 Å². The number of hydrogen-bond acceptors (Lipinski definition) is 4. The van der Waals surface area contributed by atoms with Gasteiger partial charge in [-0.3, -0.25) is 0 Å². The number of rotatable bonds is 2. The zero-order valence-electron chi connectivity index (χ0n) is 12.1. The van der Waals surface area contributed by atoms with Crippen LogP contribution in [0.1, 0.15) is 12.0 Å². The molecule has 1 aliphatic heterocycles. The average molecular weight is 271 g/mol. The van der Waals surface area contributed by atoms with Crippen LogP contribution in [0.3, 0.4) is 0 Å². The van der Waals surface area contributed by atoms with Crippen molar-refractivity contribution in [1.29, 1.82) is 0 Å². The minimum absolute atomic E-state index is 0.709. The number of anilines is 1. The highest BCUT2D eigenvalue weighted by Gasteiger charge is 2.15. The number of hydrogen-bond donors (Lipinski definition) is 1. The molecule has 0 atom stereocenters. The summed E-state index contributed by atoms with van der Waals surface area (Å²) in [6, 6.07) is 6.40. The maximum atomic E-state index is 5.41. The van der Waals surface area contributed by atoms with E-state index in [1.807, 2.05) is 6.20 Å². The quantitative estimate of drug-likeness (QED) is 0.910. The van der Waals surface area contributed by atoms with Crippen molar-refractivity contribution in [3.63, 3.8) is 0 Å². The molecule has 0 radical (unpaired) electrons. The van der Waals surface area contributed by atoms with Gasteiger partial charge in [0.15, 0.2) is 0 Å². The Morgan fingerprint density at radius 2 is 2.15 bits per heavy atom. The van der Waals surface area contributed by atoms with E-state index < -0.39 is 0 Å². The monoisotopic (exact) mass is 271 g/mol. The molecule has 0 bridgehead atoms. The summed E-state index contributed by atoms with van der Waals surface area (Å²) >= 11 is 0. The molecule has 1 fully saturated rings. The molecule has 3 rings (SSSR count). The summed E-state index contributed by atoms with van der Waals surface area (Å²) in [6.45, 7) is 6.40. The van der Waals surface area contributed by atoms with E-state index in [0.717, 1.165) is 31.6 Å². The van der Waals surface area contributed by atoms with Gasteiger partial charge in [-0.05, 0) is 37.6 Å². The predicted octanol–water partition coefficient (Wildman–Crippen LogP) is 2.35. The number of aromatic nitrogens is 1. The molecule has 2 heterocycles. The van der Waals surface area contributed by atoms with E-state index >= 15 is 0 Å². The summed E-state index contributed by atoms with van der Waals surface area (Å²) in [4.78, 5) is 6.84. The van der Waals surface area contributed by atoms with Crippen molar-refractivity contribution >= 4 is 16.5 Å². The molecule has 4 heteroatoms. The highest BCUT2D eigenvalue weighted by atomic mass is 16.5. The Bertz CT molecular complexity index is 604. The minimum atomic E-state index is 0.709. The Balaban J connectivity index is 2.15. The summed E-state index contributed by atoms with van der Waals surface area (Å²) in [5.41, 5.74) is 2.50. The lowest BCUT2D eigenvalue weighted by Crippen LogP contribution is -2.28. The number of aryl methyl sites for hydroxylation is 1. The van der Waals surface area contributed by atoms with Crippen molar-refractivity contribution in [2.45, 2.75) is 13.3 Å². The zero-order chi connectivity index (χ0) is 13.9. The minimum Gasteiger partial charge on any atom is -0.481 e. The van der Waals surface area contributed by atoms with E-state index in [2.05, 4.69) is 40.3 Å². The molecule has 0 amide bonds. The number of nitrogens with one attached hydrogen (secondary N) is 1. The van der Waals surface area contributed by atoms with Crippen LogP contribution in [0, 0.1) is 6.92 Å². The van der Waals surface area contributed by atoms with Crippen LogP contribution in [-0.2, 0) is 0 Å². The second kappa shape index (κ2) is 5.67. The smallest absolute Gasteiger partial charge is 0.221 e. The van der Waals surface area contributed by atoms with Gasteiger partial charge in [-0.15, -0.1) is 0 Å². The fourth-order valence-corrected chi connectivity index (χ4v) is 2.94. The summed E-state index contributed by atoms with van der Waals surface area (Å²) in [7, 11) is 1.68. The maximum Gasteiger partial charge on any atom is 0.221 e. The number of nitrogens with zero attached hydrogens (tertiary/aromatic N) is 2. The Labute approximate surface area is 119 Å². The highest BCUT2D eigenvalue weighted by Crippen LogP contribution is 2.33. The van der Waals surface area contributed by atoms with Crippen LogP contribution < -0.4 is 15.0 Å². The number of benzene rings is 1. The van der Waals surface area contributed by atoms with Crippen LogP contribution >= 0.6 is 0 Å². The molecule has 2 aromatic rings. The van der Waals surface area contributed by atoms with Crippen molar-refractivity contribution < 1.29 is 4.74 Å². The molecular formula is C16H21N3O. The number of pyridine rings is 1. The highest BCUT2D eigenvalue weighted by molar-refractivity contribution is 5.99. The molecule has 1 aromatic carbocycles. The number of methoxy groups -OCH3 is 1. The molecule has 0 aliphatic carbocycles. The first-order valence-corrected chi connectivity index (χ1v) is 7.19. The normalized spacial score (nSPS) is 16.2. The molecule has 1 saturated heterocycles. The summed E-state index contributed by atoms with van der Waals surface area (Å²) in [5, 5.41) is 5.82. The van der Waals surface area contributed by atoms with E-state index in [-0.39, 0.29) is 0 Å². The lowest BCUT2D eigenvalue weighted by Gasteiger charge is -2.25. The maximum absolute atomic E-state index is 5.41. The van der Waals surface area contributed by atoms with Gasteiger partial charge in [0.25, 0.3) is 0 Å². The van der Waals surface area contributed by atoms with Gasteiger partial charge in [-0.25, -0.2) is 4.98 Å². The molecule has 1 N–H and O–H groups in total. The summed E-state index contributed by atoms with van der Waals surface area (Å²) < 4.78 is 5.41. The lowest BCUT2D eigenvalue weighted by molar-refractivity contribution is 0.403. The van der Waals surface area contributed by atoms with Gasteiger partial charge in [0.2, 0.25) is 5.88 Å². The van der Waals surface area contributed by atoms with Crippen molar-refractivity contribution in [1.82, 2.24) is 10.3 Å². The predicted molar refractivity (Wildman–Crippen MR) is 82.7 cm³/mol. The van der Waals surface area contributed by atoms with Gasteiger partial charge in [0.1, 0.15) is 0 Å². The first-order chi connectivity index (χ1) is 9.81. The summed E-state index contributed by atoms with van der Waals surface area (Å²) in [5.74, 6) is 0.709. The van der Waals surface area contributed by atoms with Crippen LogP contribution in [0.5, 0.6) is 5.88 Å². The first kappa shape index (κ1) is 13.2. The van der Waals surface area contributed by atoms with E-state index in [1.165, 1.54) is 23.1 Å². The zero-order valence-corrected chi connectivity index (χ0v) is 12.1. The standard InChI is InChI=1S/C16H21N3O/c1-12-11-18-16(20-2)13-5-3-6-14(15(12)13)19-9-4-7-17-8-10-19/h3,5-6,11,17H,4,7-10H2,1-2H3. The molecule has 4 nitrogen and oxygen atoms in total. The SMILES string of the molecule is COc1ncc(C)c2c(N3CCCNCC3)cccc12. The molecule has 0 unspecified atom stereocenters. The number of ether oxygens (including phenoxy) is 1. The van der Waals surface area contributed by atoms with Crippen molar-refractivity contribution in [2.24, 2.45) is 0 Å².